The third-order valence-corrected chi connectivity index (χ3v) is 5.50. The van der Waals surface area contributed by atoms with E-state index in [1.54, 1.807) is 0 Å². The number of hydrogen-bond donors (Lipinski definition) is 1. The van der Waals surface area contributed by atoms with Crippen LogP contribution >= 0.6 is 0 Å². The minimum atomic E-state index is -4.49. The van der Waals surface area contributed by atoms with Crippen LogP contribution in [0.2, 0.25) is 0 Å². The number of fused-ring (bicyclic) bond motifs is 1. The van der Waals surface area contributed by atoms with Gasteiger partial charge < -0.3 is 0 Å². The van der Waals surface area contributed by atoms with Crippen LogP contribution in [0.15, 0.2) is 54.6 Å². The Hall–Kier alpha value is -3.15. The van der Waals surface area contributed by atoms with Gasteiger partial charge in [-0.1, -0.05) is 70.2 Å². The summed E-state index contributed by atoms with van der Waals surface area (Å²) < 4.78 is 39.5. The van der Waals surface area contributed by atoms with Crippen molar-refractivity contribution < 1.29 is 13.2 Å². The van der Waals surface area contributed by atoms with Gasteiger partial charge in [-0.05, 0) is 40.5 Å². The molecular formula is C25H24F3N3. The molecule has 0 atom stereocenters. The predicted molar refractivity (Wildman–Crippen MR) is 118 cm³/mol. The standard InChI is InChI=1S/C25H24F3N3/c1-14(2)17-10-7-11-18(15(3)4)23(17)20-12-16-8-5-6-9-19(16)24(29-20)21-13-22(31-30-21)25(26,27)28/h5-15H,1-4H3,(H,30,31). The summed E-state index contributed by atoms with van der Waals surface area (Å²) in [5.41, 5.74) is 3.86. The van der Waals surface area contributed by atoms with Gasteiger partial charge in [0.2, 0.25) is 0 Å². The second kappa shape index (κ2) is 7.84. The summed E-state index contributed by atoms with van der Waals surface area (Å²) in [7, 11) is 0. The number of halogens is 3. The number of aromatic amines is 1. The molecule has 0 bridgehead atoms. The molecule has 4 rings (SSSR count). The van der Waals surface area contributed by atoms with Crippen molar-refractivity contribution >= 4 is 10.8 Å². The van der Waals surface area contributed by atoms with Crippen molar-refractivity contribution in [3.05, 3.63) is 71.4 Å². The smallest absolute Gasteiger partial charge is 0.273 e. The van der Waals surface area contributed by atoms with Gasteiger partial charge in [-0.2, -0.15) is 18.3 Å². The average Bonchev–Trinajstić information content (AvgIpc) is 3.23. The molecule has 160 valence electrons. The minimum absolute atomic E-state index is 0.179. The molecule has 2 aromatic carbocycles. The summed E-state index contributed by atoms with van der Waals surface area (Å²) in [5.74, 6) is 0.542. The zero-order valence-corrected chi connectivity index (χ0v) is 17.9. The van der Waals surface area contributed by atoms with Crippen molar-refractivity contribution in [1.29, 1.82) is 0 Å². The van der Waals surface area contributed by atoms with Crippen molar-refractivity contribution in [3.8, 4) is 22.6 Å². The van der Waals surface area contributed by atoms with Crippen LogP contribution in [-0.2, 0) is 6.18 Å². The lowest BCUT2D eigenvalue weighted by Crippen LogP contribution is -2.04. The molecule has 4 aromatic rings. The van der Waals surface area contributed by atoms with Crippen LogP contribution in [0.1, 0.15) is 56.4 Å². The molecule has 0 radical (unpaired) electrons. The van der Waals surface area contributed by atoms with E-state index in [4.69, 9.17) is 4.98 Å². The minimum Gasteiger partial charge on any atom is -0.273 e. The number of H-pyrrole nitrogens is 1. The first-order chi connectivity index (χ1) is 14.7. The fourth-order valence-electron chi connectivity index (χ4n) is 3.96. The number of aromatic nitrogens is 3. The first-order valence-electron chi connectivity index (χ1n) is 10.3. The third kappa shape index (κ3) is 3.94. The maximum atomic E-state index is 13.2. The van der Waals surface area contributed by atoms with E-state index in [1.807, 2.05) is 30.3 Å². The van der Waals surface area contributed by atoms with E-state index < -0.39 is 11.9 Å². The summed E-state index contributed by atoms with van der Waals surface area (Å²) in [5, 5.41) is 7.73. The Labute approximate surface area is 179 Å². The van der Waals surface area contributed by atoms with Crippen molar-refractivity contribution in [2.24, 2.45) is 0 Å². The largest absolute Gasteiger partial charge is 0.432 e. The SMILES string of the molecule is CC(C)c1cccc(C(C)C)c1-c1cc2ccccc2c(-c2cc(C(F)(F)F)[nH]n2)n1. The number of pyridine rings is 1. The second-order valence-electron chi connectivity index (χ2n) is 8.36. The Morgan fingerprint density at radius 3 is 2.03 bits per heavy atom. The van der Waals surface area contributed by atoms with Crippen molar-refractivity contribution in [2.45, 2.75) is 45.7 Å². The fraction of sp³-hybridized carbons (Fsp3) is 0.280. The zero-order chi connectivity index (χ0) is 22.3. The van der Waals surface area contributed by atoms with Crippen LogP contribution in [-0.4, -0.2) is 15.2 Å². The van der Waals surface area contributed by atoms with E-state index in [9.17, 15) is 13.2 Å². The van der Waals surface area contributed by atoms with Crippen LogP contribution in [0.4, 0.5) is 13.2 Å². The number of hydrogen-bond acceptors (Lipinski definition) is 2. The molecule has 3 nitrogen and oxygen atoms in total. The maximum Gasteiger partial charge on any atom is 0.432 e. The summed E-state index contributed by atoms with van der Waals surface area (Å²) in [6.45, 7) is 8.53. The molecule has 2 heterocycles. The monoisotopic (exact) mass is 423 g/mol. The van der Waals surface area contributed by atoms with E-state index in [1.165, 1.54) is 0 Å². The van der Waals surface area contributed by atoms with E-state index in [2.05, 4.69) is 56.1 Å². The molecule has 0 saturated heterocycles. The van der Waals surface area contributed by atoms with Crippen LogP contribution < -0.4 is 0 Å². The van der Waals surface area contributed by atoms with Gasteiger partial charge in [0.05, 0.1) is 11.4 Å². The molecule has 0 aliphatic heterocycles. The number of nitrogens with zero attached hydrogens (tertiary/aromatic N) is 2. The number of nitrogens with one attached hydrogen (secondary N) is 1. The highest BCUT2D eigenvalue weighted by Gasteiger charge is 2.33. The van der Waals surface area contributed by atoms with Crippen molar-refractivity contribution in [3.63, 3.8) is 0 Å². The number of rotatable bonds is 4. The highest BCUT2D eigenvalue weighted by molar-refractivity contribution is 5.96. The van der Waals surface area contributed by atoms with Crippen LogP contribution in [0.5, 0.6) is 0 Å². The third-order valence-electron chi connectivity index (χ3n) is 5.50. The van der Waals surface area contributed by atoms with Gasteiger partial charge in [-0.15, -0.1) is 0 Å². The highest BCUT2D eigenvalue weighted by Crippen LogP contribution is 2.39. The van der Waals surface area contributed by atoms with E-state index in [-0.39, 0.29) is 17.5 Å². The average molecular weight is 423 g/mol. The molecule has 1 N–H and O–H groups in total. The highest BCUT2D eigenvalue weighted by atomic mass is 19.4. The normalized spacial score (nSPS) is 12.3. The fourth-order valence-corrected chi connectivity index (χ4v) is 3.96. The Kier molecular flexibility index (Phi) is 5.33. The van der Waals surface area contributed by atoms with Gasteiger partial charge >= 0.3 is 6.18 Å². The molecule has 0 saturated carbocycles. The molecule has 0 spiro atoms. The van der Waals surface area contributed by atoms with Gasteiger partial charge in [0, 0.05) is 10.9 Å². The van der Waals surface area contributed by atoms with Gasteiger partial charge in [-0.25, -0.2) is 4.98 Å². The molecule has 0 amide bonds. The van der Waals surface area contributed by atoms with Gasteiger partial charge in [0.25, 0.3) is 0 Å². The molecule has 31 heavy (non-hydrogen) atoms. The molecule has 0 aliphatic carbocycles. The van der Waals surface area contributed by atoms with Crippen LogP contribution in [0.3, 0.4) is 0 Å². The van der Waals surface area contributed by atoms with Crippen LogP contribution in [0.25, 0.3) is 33.4 Å². The number of alkyl halides is 3. The molecular weight excluding hydrogens is 399 g/mol. The lowest BCUT2D eigenvalue weighted by atomic mass is 9.86. The predicted octanol–water partition coefficient (Wildman–Crippen LogP) is 7.56. The Morgan fingerprint density at radius 1 is 0.806 bits per heavy atom. The van der Waals surface area contributed by atoms with E-state index in [0.29, 0.717) is 5.69 Å². The molecule has 2 aromatic heterocycles. The zero-order valence-electron chi connectivity index (χ0n) is 17.9. The first kappa shape index (κ1) is 21.1. The molecule has 0 unspecified atom stereocenters. The Bertz CT molecular complexity index is 1210. The summed E-state index contributed by atoms with van der Waals surface area (Å²) in [6.07, 6.45) is -4.49. The first-order valence-corrected chi connectivity index (χ1v) is 10.3. The second-order valence-corrected chi connectivity index (χ2v) is 8.36. The lowest BCUT2D eigenvalue weighted by Gasteiger charge is -2.20. The lowest BCUT2D eigenvalue weighted by molar-refractivity contribution is -0.141. The van der Waals surface area contributed by atoms with E-state index in [0.717, 1.165) is 39.2 Å². The van der Waals surface area contributed by atoms with Crippen molar-refractivity contribution in [1.82, 2.24) is 15.2 Å². The van der Waals surface area contributed by atoms with Crippen molar-refractivity contribution in [2.75, 3.05) is 0 Å². The van der Waals surface area contributed by atoms with Gasteiger partial charge in [0.1, 0.15) is 11.4 Å². The molecule has 0 aliphatic rings. The topological polar surface area (TPSA) is 41.6 Å². The molecule has 0 fully saturated rings. The maximum absolute atomic E-state index is 13.2. The summed E-state index contributed by atoms with van der Waals surface area (Å²) in [6, 6.07) is 16.9. The van der Waals surface area contributed by atoms with Gasteiger partial charge in [-0.3, -0.25) is 5.10 Å². The van der Waals surface area contributed by atoms with Crippen LogP contribution in [0, 0.1) is 0 Å². The molecule has 6 heteroatoms. The Morgan fingerprint density at radius 2 is 1.45 bits per heavy atom. The quantitative estimate of drug-likeness (QED) is 0.368. The van der Waals surface area contributed by atoms with E-state index >= 15 is 0 Å². The number of benzene rings is 2. The van der Waals surface area contributed by atoms with Gasteiger partial charge in [0.15, 0.2) is 0 Å². The summed E-state index contributed by atoms with van der Waals surface area (Å²) in [4.78, 5) is 4.87. The Balaban J connectivity index is 2.02. The summed E-state index contributed by atoms with van der Waals surface area (Å²) >= 11 is 0.